The third-order valence-electron chi connectivity index (χ3n) is 4.25. The number of fused-ring (bicyclic) bond motifs is 1. The van der Waals surface area contributed by atoms with Gasteiger partial charge in [0.2, 0.25) is 5.91 Å². The van der Waals surface area contributed by atoms with Gasteiger partial charge < -0.3 is 5.32 Å². The summed E-state index contributed by atoms with van der Waals surface area (Å²) in [6.45, 7) is 3.82. The maximum absolute atomic E-state index is 13.0. The number of hydrogen-bond donors (Lipinski definition) is 2. The predicted octanol–water partition coefficient (Wildman–Crippen LogP) is 2.26. The second-order valence-corrected chi connectivity index (χ2v) is 6.23. The van der Waals surface area contributed by atoms with Crippen LogP contribution in [-0.2, 0) is 30.4 Å². The number of halogens is 3. The van der Waals surface area contributed by atoms with Crippen molar-refractivity contribution < 1.29 is 18.0 Å². The summed E-state index contributed by atoms with van der Waals surface area (Å²) in [7, 11) is 0. The molecule has 134 valence electrons. The number of carbonyl (C=O) groups is 1. The van der Waals surface area contributed by atoms with Crippen molar-refractivity contribution in [3.63, 3.8) is 0 Å². The van der Waals surface area contributed by atoms with Crippen molar-refractivity contribution in [3.8, 4) is 0 Å². The molecule has 0 unspecified atom stereocenters. The highest BCUT2D eigenvalue weighted by Gasteiger charge is 2.40. The molecule has 2 N–H and O–H groups in total. The van der Waals surface area contributed by atoms with Gasteiger partial charge in [0.1, 0.15) is 5.82 Å². The number of hydrogen-bond acceptors (Lipinski definition) is 4. The Morgan fingerprint density at radius 2 is 2.12 bits per heavy atom. The lowest BCUT2D eigenvalue weighted by Crippen LogP contribution is -2.34. The summed E-state index contributed by atoms with van der Waals surface area (Å²) in [5.41, 5.74) is 1.13. The Kier molecular flexibility index (Phi) is 4.49. The Morgan fingerprint density at radius 3 is 2.80 bits per heavy atom. The van der Waals surface area contributed by atoms with Crippen LogP contribution in [0.15, 0.2) is 6.07 Å². The van der Waals surface area contributed by atoms with E-state index in [4.69, 9.17) is 0 Å². The van der Waals surface area contributed by atoms with Crippen LogP contribution in [0.4, 0.5) is 13.2 Å². The zero-order chi connectivity index (χ0) is 18.2. The van der Waals surface area contributed by atoms with E-state index in [9.17, 15) is 18.0 Å². The molecule has 0 aliphatic heterocycles. The minimum absolute atomic E-state index is 0.0361. The fourth-order valence-corrected chi connectivity index (χ4v) is 3.16. The predicted molar refractivity (Wildman–Crippen MR) is 82.5 cm³/mol. The van der Waals surface area contributed by atoms with Crippen LogP contribution in [0.1, 0.15) is 40.6 Å². The second kappa shape index (κ2) is 6.45. The van der Waals surface area contributed by atoms with Gasteiger partial charge in [0.15, 0.2) is 5.69 Å². The Hall–Kier alpha value is -2.45. The second-order valence-electron chi connectivity index (χ2n) is 6.23. The Morgan fingerprint density at radius 1 is 1.36 bits per heavy atom. The van der Waals surface area contributed by atoms with Gasteiger partial charge in [0, 0.05) is 22.9 Å². The average molecular weight is 353 g/mol. The molecule has 3 rings (SSSR count). The van der Waals surface area contributed by atoms with Gasteiger partial charge >= 0.3 is 6.18 Å². The van der Waals surface area contributed by atoms with E-state index in [0.717, 1.165) is 5.69 Å². The van der Waals surface area contributed by atoms with Gasteiger partial charge in [-0.3, -0.25) is 9.89 Å². The van der Waals surface area contributed by atoms with Crippen molar-refractivity contribution in [2.75, 3.05) is 0 Å². The third-order valence-corrected chi connectivity index (χ3v) is 4.25. The number of nitrogens with zero attached hydrogens (tertiary/aromatic N) is 3. The number of carbonyl (C=O) groups excluding carboxylic acids is 1. The Balaban J connectivity index is 1.67. The van der Waals surface area contributed by atoms with Gasteiger partial charge in [-0.15, -0.1) is 0 Å². The first kappa shape index (κ1) is 17.4. The van der Waals surface area contributed by atoms with E-state index in [2.05, 4.69) is 25.5 Å². The van der Waals surface area contributed by atoms with Crippen LogP contribution in [0, 0.1) is 19.8 Å². The van der Waals surface area contributed by atoms with Gasteiger partial charge in [-0.2, -0.15) is 18.3 Å². The lowest BCUT2D eigenvalue weighted by Gasteiger charge is -2.22. The third kappa shape index (κ3) is 3.80. The molecule has 0 saturated heterocycles. The van der Waals surface area contributed by atoms with Gasteiger partial charge in [-0.05, 0) is 39.2 Å². The zero-order valence-corrected chi connectivity index (χ0v) is 13.9. The summed E-state index contributed by atoms with van der Waals surface area (Å²) in [5, 5.41) is 8.58. The first-order valence-corrected chi connectivity index (χ1v) is 7.96. The smallest absolute Gasteiger partial charge is 0.350 e. The molecule has 25 heavy (non-hydrogen) atoms. The number of amides is 1. The maximum Gasteiger partial charge on any atom is 0.435 e. The standard InChI is InChI=1S/C16H18F3N5O/c1-8-5-11(22-9(2)21-8)7-20-15(25)10-3-4-13-12(6-10)14(24-23-13)16(17,18)19/h5,10H,3-4,6-7H2,1-2H3,(H,20,25)(H,23,24)/t10-/m0/s1. The minimum atomic E-state index is -4.52. The van der Waals surface area contributed by atoms with E-state index in [-0.39, 0.29) is 24.4 Å². The summed E-state index contributed by atoms with van der Waals surface area (Å²) in [4.78, 5) is 20.8. The van der Waals surface area contributed by atoms with Crippen molar-refractivity contribution in [3.05, 3.63) is 40.2 Å². The van der Waals surface area contributed by atoms with E-state index >= 15 is 0 Å². The number of nitrogens with one attached hydrogen (secondary N) is 2. The average Bonchev–Trinajstić information content (AvgIpc) is 2.94. The van der Waals surface area contributed by atoms with Crippen LogP contribution in [0.25, 0.3) is 0 Å². The summed E-state index contributed by atoms with van der Waals surface area (Å²) in [6, 6.07) is 1.77. The lowest BCUT2D eigenvalue weighted by atomic mass is 9.85. The molecule has 2 aromatic heterocycles. The lowest BCUT2D eigenvalue weighted by molar-refractivity contribution is -0.142. The fourth-order valence-electron chi connectivity index (χ4n) is 3.16. The number of H-pyrrole nitrogens is 1. The van der Waals surface area contributed by atoms with Crippen LogP contribution in [0.3, 0.4) is 0 Å². The molecule has 0 saturated carbocycles. The molecule has 1 aliphatic carbocycles. The summed E-state index contributed by atoms with van der Waals surface area (Å²) in [6.07, 6.45) is -3.62. The van der Waals surface area contributed by atoms with E-state index < -0.39 is 17.8 Å². The van der Waals surface area contributed by atoms with Crippen molar-refractivity contribution in [2.24, 2.45) is 5.92 Å². The molecule has 1 atom stereocenters. The quantitative estimate of drug-likeness (QED) is 0.887. The van der Waals surface area contributed by atoms with Crippen molar-refractivity contribution in [1.29, 1.82) is 0 Å². The topological polar surface area (TPSA) is 83.6 Å². The molecule has 0 bridgehead atoms. The van der Waals surface area contributed by atoms with Crippen LogP contribution in [0.2, 0.25) is 0 Å². The van der Waals surface area contributed by atoms with Gasteiger partial charge in [-0.25, -0.2) is 9.97 Å². The number of rotatable bonds is 3. The molecular weight excluding hydrogens is 335 g/mol. The highest BCUT2D eigenvalue weighted by molar-refractivity contribution is 5.79. The molecular formula is C16H18F3N5O. The van der Waals surface area contributed by atoms with E-state index in [1.54, 1.807) is 13.0 Å². The molecule has 0 aromatic carbocycles. The van der Waals surface area contributed by atoms with Gasteiger partial charge in [0.05, 0.1) is 12.2 Å². The molecule has 0 radical (unpaired) electrons. The molecule has 0 fully saturated rings. The van der Waals surface area contributed by atoms with Crippen molar-refractivity contribution in [2.45, 2.75) is 45.8 Å². The number of aromatic nitrogens is 4. The minimum Gasteiger partial charge on any atom is -0.350 e. The summed E-state index contributed by atoms with van der Waals surface area (Å²) < 4.78 is 39.0. The molecule has 0 spiro atoms. The summed E-state index contributed by atoms with van der Waals surface area (Å²) in [5.74, 6) is -0.163. The SMILES string of the molecule is Cc1cc(CNC(=O)[C@H]2CCc3[nH]nc(C(F)(F)F)c3C2)nc(C)n1. The first-order chi connectivity index (χ1) is 11.7. The van der Waals surface area contributed by atoms with Gasteiger partial charge in [-0.1, -0.05) is 0 Å². The molecule has 2 aromatic rings. The number of aromatic amines is 1. The Labute approximate surface area is 142 Å². The van der Waals surface area contributed by atoms with Crippen LogP contribution in [0.5, 0.6) is 0 Å². The van der Waals surface area contributed by atoms with Crippen molar-refractivity contribution >= 4 is 5.91 Å². The largest absolute Gasteiger partial charge is 0.435 e. The van der Waals surface area contributed by atoms with Crippen LogP contribution < -0.4 is 5.32 Å². The van der Waals surface area contributed by atoms with E-state index in [1.807, 2.05) is 6.92 Å². The molecule has 1 aliphatic rings. The molecule has 2 heterocycles. The van der Waals surface area contributed by atoms with E-state index in [1.165, 1.54) is 0 Å². The van der Waals surface area contributed by atoms with Gasteiger partial charge in [0.25, 0.3) is 0 Å². The molecule has 6 nitrogen and oxygen atoms in total. The summed E-state index contributed by atoms with van der Waals surface area (Å²) >= 11 is 0. The van der Waals surface area contributed by atoms with Crippen molar-refractivity contribution in [1.82, 2.24) is 25.5 Å². The molecule has 1 amide bonds. The maximum atomic E-state index is 13.0. The highest BCUT2D eigenvalue weighted by Crippen LogP contribution is 2.36. The van der Waals surface area contributed by atoms with E-state index in [0.29, 0.717) is 30.1 Å². The fraction of sp³-hybridized carbons (Fsp3) is 0.500. The highest BCUT2D eigenvalue weighted by atomic mass is 19.4. The first-order valence-electron chi connectivity index (χ1n) is 7.96. The van der Waals surface area contributed by atoms with Crippen LogP contribution in [-0.4, -0.2) is 26.1 Å². The zero-order valence-electron chi connectivity index (χ0n) is 13.9. The van der Waals surface area contributed by atoms with Crippen LogP contribution >= 0.6 is 0 Å². The molecule has 9 heteroatoms. The normalized spacial score (nSPS) is 17.2. The number of aryl methyl sites for hydroxylation is 3. The Bertz CT molecular complexity index is 779. The number of alkyl halides is 3. The monoisotopic (exact) mass is 353 g/mol.